The molecule has 0 amide bonds. The van der Waals surface area contributed by atoms with E-state index in [0.29, 0.717) is 23.9 Å². The van der Waals surface area contributed by atoms with Crippen molar-refractivity contribution in [3.8, 4) is 0 Å². The van der Waals surface area contributed by atoms with E-state index in [9.17, 15) is 8.42 Å². The molecule has 3 N–H and O–H groups in total. The maximum absolute atomic E-state index is 12.7. The number of nitrogens with zero attached hydrogens (tertiary/aromatic N) is 4. The van der Waals surface area contributed by atoms with E-state index in [-0.39, 0.29) is 18.2 Å². The third kappa shape index (κ3) is 3.09. The summed E-state index contributed by atoms with van der Waals surface area (Å²) in [5, 5.41) is 0.599. The number of aromatic nitrogens is 3. The zero-order valence-corrected chi connectivity index (χ0v) is 15.5. The van der Waals surface area contributed by atoms with Gasteiger partial charge in [0.05, 0.1) is 17.6 Å². The van der Waals surface area contributed by atoms with Crippen molar-refractivity contribution in [2.24, 2.45) is 0 Å². The van der Waals surface area contributed by atoms with Crippen LogP contribution < -0.4 is 10.5 Å². The van der Waals surface area contributed by atoms with Crippen LogP contribution in [0.1, 0.15) is 11.4 Å². The van der Waals surface area contributed by atoms with Gasteiger partial charge in [-0.05, 0) is 42.8 Å². The average molecular weight is 393 g/mol. The summed E-state index contributed by atoms with van der Waals surface area (Å²) < 4.78 is 31.3. The Labute approximate surface area is 155 Å². The molecule has 0 atom stereocenters. The normalized spacial score (nSPS) is 15.2. The quantitative estimate of drug-likeness (QED) is 0.710. The molecule has 26 heavy (non-hydrogen) atoms. The number of imidazole rings is 1. The zero-order chi connectivity index (χ0) is 18.5. The van der Waals surface area contributed by atoms with E-state index in [1.807, 2.05) is 17.6 Å². The number of nitrogens with one attached hydrogen (secondary N) is 1. The van der Waals surface area contributed by atoms with Gasteiger partial charge in [-0.15, -0.1) is 0 Å². The molecule has 0 bridgehead atoms. The van der Waals surface area contributed by atoms with Crippen molar-refractivity contribution >= 4 is 44.5 Å². The van der Waals surface area contributed by atoms with Gasteiger partial charge in [-0.2, -0.15) is 12.7 Å². The van der Waals surface area contributed by atoms with Gasteiger partial charge in [-0.3, -0.25) is 4.72 Å². The molecule has 0 saturated heterocycles. The second-order valence-corrected chi connectivity index (χ2v) is 8.32. The van der Waals surface area contributed by atoms with E-state index in [1.54, 1.807) is 24.3 Å². The first-order chi connectivity index (χ1) is 12.3. The third-order valence-corrected chi connectivity index (χ3v) is 5.94. The lowest BCUT2D eigenvalue weighted by Gasteiger charge is -2.27. The highest BCUT2D eigenvalue weighted by atomic mass is 35.5. The van der Waals surface area contributed by atoms with Crippen LogP contribution in [0.5, 0.6) is 0 Å². The molecule has 0 fully saturated rings. The maximum atomic E-state index is 12.7. The number of pyridine rings is 1. The van der Waals surface area contributed by atoms with Crippen LogP contribution in [-0.4, -0.2) is 33.8 Å². The number of benzene rings is 1. The van der Waals surface area contributed by atoms with E-state index in [4.69, 9.17) is 17.3 Å². The average Bonchev–Trinajstić information content (AvgIpc) is 2.89. The van der Waals surface area contributed by atoms with Crippen molar-refractivity contribution < 1.29 is 8.42 Å². The minimum atomic E-state index is -3.77. The largest absolute Gasteiger partial charge is 0.384 e. The molecule has 1 aromatic carbocycles. The Kier molecular flexibility index (Phi) is 4.02. The minimum absolute atomic E-state index is 0.170. The number of aryl methyl sites for hydroxylation is 1. The highest BCUT2D eigenvalue weighted by Gasteiger charge is 2.29. The molecule has 1 aliphatic heterocycles. The third-order valence-electron chi connectivity index (χ3n) is 4.24. The lowest BCUT2D eigenvalue weighted by molar-refractivity contribution is 0.341. The van der Waals surface area contributed by atoms with E-state index in [0.717, 1.165) is 16.6 Å². The van der Waals surface area contributed by atoms with E-state index < -0.39 is 10.2 Å². The predicted octanol–water partition coefficient (Wildman–Crippen LogP) is 2.15. The smallest absolute Gasteiger partial charge is 0.303 e. The first kappa shape index (κ1) is 17.1. The zero-order valence-electron chi connectivity index (χ0n) is 14.0. The molecule has 0 unspecified atom stereocenters. The number of hydrogen-bond donors (Lipinski definition) is 2. The summed E-state index contributed by atoms with van der Waals surface area (Å²) in [6.07, 6.45) is 0. The van der Waals surface area contributed by atoms with Crippen molar-refractivity contribution in [2.75, 3.05) is 17.0 Å². The number of nitrogen functional groups attached to an aromatic ring is 1. The molecular weight excluding hydrogens is 376 g/mol. The van der Waals surface area contributed by atoms with E-state index in [2.05, 4.69) is 14.7 Å². The Morgan fingerprint density at radius 3 is 2.77 bits per heavy atom. The second kappa shape index (κ2) is 6.11. The second-order valence-electron chi connectivity index (χ2n) is 6.21. The summed E-state index contributed by atoms with van der Waals surface area (Å²) in [5.74, 6) is 1.14. The Morgan fingerprint density at radius 1 is 1.19 bits per heavy atom. The molecule has 10 heteroatoms. The number of anilines is 2. The molecular formula is C16H17ClN6O2S. The van der Waals surface area contributed by atoms with Crippen molar-refractivity contribution in [1.29, 1.82) is 0 Å². The Hall–Kier alpha value is -2.36. The number of fused-ring (bicyclic) bond motifs is 3. The molecule has 1 aliphatic rings. The van der Waals surface area contributed by atoms with Gasteiger partial charge in [0.2, 0.25) is 0 Å². The van der Waals surface area contributed by atoms with Crippen LogP contribution in [0.25, 0.3) is 11.0 Å². The molecule has 2 aromatic heterocycles. The van der Waals surface area contributed by atoms with Crippen molar-refractivity contribution in [2.45, 2.75) is 20.0 Å². The molecule has 3 heterocycles. The molecule has 0 aliphatic carbocycles. The maximum Gasteiger partial charge on any atom is 0.303 e. The van der Waals surface area contributed by atoms with Gasteiger partial charge in [-0.1, -0.05) is 11.6 Å². The first-order valence-electron chi connectivity index (χ1n) is 7.98. The first-order valence-corrected chi connectivity index (χ1v) is 9.80. The summed E-state index contributed by atoms with van der Waals surface area (Å²) in [6.45, 7) is 2.84. The van der Waals surface area contributed by atoms with Gasteiger partial charge < -0.3 is 10.3 Å². The lowest BCUT2D eigenvalue weighted by Crippen LogP contribution is -2.41. The summed E-state index contributed by atoms with van der Waals surface area (Å²) in [6, 6.07) is 8.79. The Bertz CT molecular complexity index is 1090. The summed E-state index contributed by atoms with van der Waals surface area (Å²) in [7, 11) is -3.77. The standard InChI is InChI=1S/C16H17ClN6O2S/c1-10-6-14(18)20-15(7-10)21-26(24,25)22-4-5-23-13-3-2-11(17)8-12(13)19-16(23)9-22/h2-3,6-8H,4-5,9H2,1H3,(H3,18,20,21). The lowest BCUT2D eigenvalue weighted by atomic mass is 10.3. The topological polar surface area (TPSA) is 106 Å². The van der Waals surface area contributed by atoms with Crippen molar-refractivity contribution in [1.82, 2.24) is 18.8 Å². The molecule has 8 nitrogen and oxygen atoms in total. The van der Waals surface area contributed by atoms with Gasteiger partial charge in [0, 0.05) is 18.1 Å². The number of rotatable bonds is 3. The summed E-state index contributed by atoms with van der Waals surface area (Å²) >= 11 is 6.02. The number of hydrogen-bond acceptors (Lipinski definition) is 5. The molecule has 0 saturated carbocycles. The van der Waals surface area contributed by atoms with Crippen LogP contribution in [-0.2, 0) is 23.3 Å². The van der Waals surface area contributed by atoms with Gasteiger partial charge in [0.15, 0.2) is 0 Å². The molecule has 4 rings (SSSR count). The van der Waals surface area contributed by atoms with E-state index >= 15 is 0 Å². The molecule has 136 valence electrons. The fourth-order valence-electron chi connectivity index (χ4n) is 3.12. The fourth-order valence-corrected chi connectivity index (χ4v) is 4.39. The molecule has 3 aromatic rings. The molecule has 0 spiro atoms. The highest BCUT2D eigenvalue weighted by Crippen LogP contribution is 2.25. The summed E-state index contributed by atoms with van der Waals surface area (Å²) in [4.78, 5) is 8.55. The monoisotopic (exact) mass is 392 g/mol. The highest BCUT2D eigenvalue weighted by molar-refractivity contribution is 7.90. The van der Waals surface area contributed by atoms with Gasteiger partial charge >= 0.3 is 10.2 Å². The van der Waals surface area contributed by atoms with Gasteiger partial charge in [-0.25, -0.2) is 9.97 Å². The molecule has 0 radical (unpaired) electrons. The van der Waals surface area contributed by atoms with Gasteiger partial charge in [0.25, 0.3) is 0 Å². The van der Waals surface area contributed by atoms with Crippen LogP contribution in [0, 0.1) is 6.92 Å². The van der Waals surface area contributed by atoms with Gasteiger partial charge in [0.1, 0.15) is 17.5 Å². The van der Waals surface area contributed by atoms with Crippen molar-refractivity contribution in [3.05, 3.63) is 46.7 Å². The summed E-state index contributed by atoms with van der Waals surface area (Å²) in [5.41, 5.74) is 8.22. The van der Waals surface area contributed by atoms with Crippen LogP contribution in [0.15, 0.2) is 30.3 Å². The van der Waals surface area contributed by atoms with E-state index in [1.165, 1.54) is 4.31 Å². The van der Waals surface area contributed by atoms with Crippen molar-refractivity contribution in [3.63, 3.8) is 0 Å². The number of nitrogens with two attached hydrogens (primary N) is 1. The fraction of sp³-hybridized carbons (Fsp3) is 0.250. The Balaban J connectivity index is 1.62. The van der Waals surface area contributed by atoms with Crippen LogP contribution in [0.2, 0.25) is 5.02 Å². The van der Waals surface area contributed by atoms with Crippen LogP contribution in [0.4, 0.5) is 11.6 Å². The predicted molar refractivity (Wildman–Crippen MR) is 101 cm³/mol. The minimum Gasteiger partial charge on any atom is -0.384 e. The Morgan fingerprint density at radius 2 is 2.00 bits per heavy atom. The van der Waals surface area contributed by atoms with Crippen LogP contribution in [0.3, 0.4) is 0 Å². The SMILES string of the molecule is Cc1cc(N)nc(NS(=O)(=O)N2CCn3c(nc4cc(Cl)ccc43)C2)c1. The van der Waals surface area contributed by atoms with Crippen LogP contribution >= 0.6 is 11.6 Å². The number of halogens is 1.